The molecule has 2 nitrogen and oxygen atoms in total. The van der Waals surface area contributed by atoms with E-state index in [2.05, 4.69) is 21.2 Å². The molecule has 0 heterocycles. The second-order valence-electron chi connectivity index (χ2n) is 3.52. The molecule has 0 spiro atoms. The summed E-state index contributed by atoms with van der Waals surface area (Å²) in [5.41, 5.74) is 1.14. The standard InChI is InChI=1S/C13H7BrClFN2/c14-10-2-1-3-11(16)13(10)18-12-6-9(15)5-4-8(12)7-17/h1-6,18H. The number of halogens is 3. The quantitative estimate of drug-likeness (QED) is 0.856. The first-order chi connectivity index (χ1) is 8.61. The minimum Gasteiger partial charge on any atom is -0.351 e. The van der Waals surface area contributed by atoms with Gasteiger partial charge in [-0.2, -0.15) is 5.26 Å². The number of rotatable bonds is 2. The van der Waals surface area contributed by atoms with Crippen molar-refractivity contribution < 1.29 is 4.39 Å². The molecule has 0 fully saturated rings. The van der Waals surface area contributed by atoms with Gasteiger partial charge in [0.1, 0.15) is 11.9 Å². The molecular formula is C13H7BrClFN2. The van der Waals surface area contributed by atoms with Crippen LogP contribution in [0.3, 0.4) is 0 Å². The second-order valence-corrected chi connectivity index (χ2v) is 4.81. The van der Waals surface area contributed by atoms with Crippen LogP contribution < -0.4 is 5.32 Å². The summed E-state index contributed by atoms with van der Waals surface area (Å²) >= 11 is 9.12. The molecule has 2 aromatic carbocycles. The fraction of sp³-hybridized carbons (Fsp3) is 0. The lowest BCUT2D eigenvalue weighted by molar-refractivity contribution is 0.631. The molecule has 0 saturated carbocycles. The van der Waals surface area contributed by atoms with Crippen LogP contribution in [0.4, 0.5) is 15.8 Å². The van der Waals surface area contributed by atoms with Crippen LogP contribution in [-0.4, -0.2) is 0 Å². The molecule has 0 saturated heterocycles. The summed E-state index contributed by atoms with van der Waals surface area (Å²) in [4.78, 5) is 0. The molecule has 18 heavy (non-hydrogen) atoms. The van der Waals surface area contributed by atoms with Crippen molar-refractivity contribution in [1.82, 2.24) is 0 Å². The second kappa shape index (κ2) is 5.38. The van der Waals surface area contributed by atoms with Gasteiger partial charge in [0.15, 0.2) is 0 Å². The molecular weight excluding hydrogens is 319 g/mol. The predicted molar refractivity (Wildman–Crippen MR) is 73.5 cm³/mol. The Morgan fingerprint density at radius 2 is 2.06 bits per heavy atom. The zero-order valence-corrected chi connectivity index (χ0v) is 11.4. The van der Waals surface area contributed by atoms with Gasteiger partial charge in [-0.25, -0.2) is 4.39 Å². The lowest BCUT2D eigenvalue weighted by Gasteiger charge is -2.11. The van der Waals surface area contributed by atoms with E-state index in [4.69, 9.17) is 16.9 Å². The van der Waals surface area contributed by atoms with Crippen molar-refractivity contribution in [2.24, 2.45) is 0 Å². The Morgan fingerprint density at radius 3 is 2.72 bits per heavy atom. The van der Waals surface area contributed by atoms with Gasteiger partial charge in [0.25, 0.3) is 0 Å². The van der Waals surface area contributed by atoms with Gasteiger partial charge >= 0.3 is 0 Å². The van der Waals surface area contributed by atoms with Crippen molar-refractivity contribution in [1.29, 1.82) is 5.26 Å². The fourth-order valence-electron chi connectivity index (χ4n) is 1.47. The molecule has 90 valence electrons. The SMILES string of the molecule is N#Cc1ccc(Cl)cc1Nc1c(F)cccc1Br. The summed E-state index contributed by atoms with van der Waals surface area (Å²) in [6.07, 6.45) is 0. The molecule has 1 N–H and O–H groups in total. The van der Waals surface area contributed by atoms with Gasteiger partial charge in [0.05, 0.1) is 16.9 Å². The average molecular weight is 326 g/mol. The Hall–Kier alpha value is -1.57. The average Bonchev–Trinajstić information content (AvgIpc) is 2.34. The number of para-hydroxylation sites is 1. The minimum absolute atomic E-state index is 0.274. The molecule has 0 aliphatic carbocycles. The third-order valence-electron chi connectivity index (χ3n) is 2.32. The summed E-state index contributed by atoms with van der Waals surface area (Å²) < 4.78 is 14.2. The Bertz CT molecular complexity index is 617. The van der Waals surface area contributed by atoms with E-state index in [1.807, 2.05) is 6.07 Å². The Balaban J connectivity index is 2.46. The highest BCUT2D eigenvalue weighted by atomic mass is 79.9. The van der Waals surface area contributed by atoms with E-state index in [0.717, 1.165) is 0 Å². The number of hydrogen-bond acceptors (Lipinski definition) is 2. The Labute approximate surface area is 117 Å². The smallest absolute Gasteiger partial charge is 0.147 e. The molecule has 0 unspecified atom stereocenters. The highest BCUT2D eigenvalue weighted by molar-refractivity contribution is 9.10. The van der Waals surface area contributed by atoms with Crippen LogP contribution in [0, 0.1) is 17.1 Å². The number of nitrogens with one attached hydrogen (secondary N) is 1. The third kappa shape index (κ3) is 2.63. The molecule has 0 radical (unpaired) electrons. The lowest BCUT2D eigenvalue weighted by atomic mass is 10.2. The van der Waals surface area contributed by atoms with Crippen LogP contribution >= 0.6 is 27.5 Å². The number of nitriles is 1. The number of nitrogens with zero attached hydrogens (tertiary/aromatic N) is 1. The summed E-state index contributed by atoms with van der Waals surface area (Å²) in [6, 6.07) is 11.4. The van der Waals surface area contributed by atoms with Gasteiger partial charge in [-0.3, -0.25) is 0 Å². The number of hydrogen-bond donors (Lipinski definition) is 1. The Kier molecular flexibility index (Phi) is 3.85. The van der Waals surface area contributed by atoms with Crippen molar-refractivity contribution in [2.75, 3.05) is 5.32 Å². The monoisotopic (exact) mass is 324 g/mol. The summed E-state index contributed by atoms with van der Waals surface area (Å²) in [5.74, 6) is -0.409. The Morgan fingerprint density at radius 1 is 1.28 bits per heavy atom. The molecule has 5 heteroatoms. The topological polar surface area (TPSA) is 35.8 Å². The van der Waals surface area contributed by atoms with E-state index in [0.29, 0.717) is 20.7 Å². The van der Waals surface area contributed by atoms with Crippen LogP contribution in [0.1, 0.15) is 5.56 Å². The van der Waals surface area contributed by atoms with Crippen molar-refractivity contribution in [2.45, 2.75) is 0 Å². The molecule has 0 atom stereocenters. The maximum absolute atomic E-state index is 13.7. The lowest BCUT2D eigenvalue weighted by Crippen LogP contribution is -1.97. The molecule has 0 aliphatic rings. The van der Waals surface area contributed by atoms with Gasteiger partial charge in [0.2, 0.25) is 0 Å². The van der Waals surface area contributed by atoms with Crippen LogP contribution in [-0.2, 0) is 0 Å². The van der Waals surface area contributed by atoms with Crippen molar-refractivity contribution in [3.05, 3.63) is 57.3 Å². The minimum atomic E-state index is -0.409. The highest BCUT2D eigenvalue weighted by Gasteiger charge is 2.09. The molecule has 0 aliphatic heterocycles. The van der Waals surface area contributed by atoms with E-state index < -0.39 is 5.82 Å². The maximum Gasteiger partial charge on any atom is 0.147 e. The van der Waals surface area contributed by atoms with Crippen LogP contribution in [0.15, 0.2) is 40.9 Å². The first-order valence-corrected chi connectivity index (χ1v) is 6.19. The van der Waals surface area contributed by atoms with Gasteiger partial charge in [0, 0.05) is 9.50 Å². The van der Waals surface area contributed by atoms with Crippen molar-refractivity contribution in [3.8, 4) is 6.07 Å². The van der Waals surface area contributed by atoms with Gasteiger partial charge in [-0.1, -0.05) is 17.7 Å². The van der Waals surface area contributed by atoms with Crippen LogP contribution in [0.25, 0.3) is 0 Å². The summed E-state index contributed by atoms with van der Waals surface area (Å²) in [7, 11) is 0. The van der Waals surface area contributed by atoms with E-state index in [1.165, 1.54) is 6.07 Å². The predicted octanol–water partition coefficient (Wildman–Crippen LogP) is 4.86. The first kappa shape index (κ1) is 12.9. The number of anilines is 2. The number of benzene rings is 2. The van der Waals surface area contributed by atoms with Gasteiger partial charge in [-0.05, 0) is 46.3 Å². The highest BCUT2D eigenvalue weighted by Crippen LogP contribution is 2.31. The summed E-state index contributed by atoms with van der Waals surface area (Å²) in [5, 5.41) is 12.3. The zero-order valence-electron chi connectivity index (χ0n) is 9.05. The molecule has 0 amide bonds. The van der Waals surface area contributed by atoms with Crippen molar-refractivity contribution in [3.63, 3.8) is 0 Å². The van der Waals surface area contributed by atoms with Gasteiger partial charge in [-0.15, -0.1) is 0 Å². The molecule has 0 bridgehead atoms. The van der Waals surface area contributed by atoms with Crippen LogP contribution in [0.5, 0.6) is 0 Å². The van der Waals surface area contributed by atoms with E-state index in [-0.39, 0.29) is 5.69 Å². The van der Waals surface area contributed by atoms with Crippen molar-refractivity contribution >= 4 is 38.9 Å². The van der Waals surface area contributed by atoms with Crippen LogP contribution in [0.2, 0.25) is 5.02 Å². The van der Waals surface area contributed by atoms with E-state index >= 15 is 0 Å². The summed E-state index contributed by atoms with van der Waals surface area (Å²) in [6.45, 7) is 0. The molecule has 2 rings (SSSR count). The van der Waals surface area contributed by atoms with E-state index in [9.17, 15) is 4.39 Å². The molecule has 0 aromatic heterocycles. The molecule has 2 aromatic rings. The first-order valence-electron chi connectivity index (χ1n) is 5.02. The maximum atomic E-state index is 13.7. The normalized spacial score (nSPS) is 9.89. The van der Waals surface area contributed by atoms with E-state index in [1.54, 1.807) is 30.3 Å². The fourth-order valence-corrected chi connectivity index (χ4v) is 2.08. The third-order valence-corrected chi connectivity index (χ3v) is 3.22. The largest absolute Gasteiger partial charge is 0.351 e. The zero-order chi connectivity index (χ0) is 13.1. The van der Waals surface area contributed by atoms with Gasteiger partial charge < -0.3 is 5.32 Å².